The highest BCUT2D eigenvalue weighted by molar-refractivity contribution is 9.10. The van der Waals surface area contributed by atoms with Crippen LogP contribution in [0.15, 0.2) is 22.7 Å². The van der Waals surface area contributed by atoms with E-state index in [4.69, 9.17) is 4.74 Å². The number of ether oxygens (including phenoxy) is 1. The topological polar surface area (TPSA) is 26.3 Å². The van der Waals surface area contributed by atoms with E-state index < -0.39 is 0 Å². The molecule has 1 saturated carbocycles. The van der Waals surface area contributed by atoms with Crippen LogP contribution in [0.4, 0.5) is 0 Å². The van der Waals surface area contributed by atoms with Crippen LogP contribution in [-0.2, 0) is 0 Å². The van der Waals surface area contributed by atoms with Crippen LogP contribution in [-0.4, -0.2) is 12.9 Å². The fourth-order valence-corrected chi connectivity index (χ4v) is 2.91. The molecule has 0 spiro atoms. The molecule has 0 radical (unpaired) electrons. The van der Waals surface area contributed by atoms with Gasteiger partial charge in [-0.05, 0) is 37.0 Å². The highest BCUT2D eigenvalue weighted by Gasteiger charge is 2.22. The van der Waals surface area contributed by atoms with Crippen LogP contribution in [0.25, 0.3) is 6.08 Å². The Kier molecular flexibility index (Phi) is 5.41. The first-order valence-corrected chi connectivity index (χ1v) is 7.98. The van der Waals surface area contributed by atoms with Gasteiger partial charge in [0, 0.05) is 10.9 Å². The van der Waals surface area contributed by atoms with Crippen LogP contribution in [0.1, 0.15) is 54.9 Å². The Labute approximate surface area is 129 Å². The lowest BCUT2D eigenvalue weighted by molar-refractivity contribution is 0.0975. The summed E-state index contributed by atoms with van der Waals surface area (Å²) in [6.45, 7) is 1.95. The Bertz CT molecular complexity index is 516. The minimum Gasteiger partial charge on any atom is -0.496 e. The van der Waals surface area contributed by atoms with E-state index in [2.05, 4.69) is 15.9 Å². The smallest absolute Gasteiger partial charge is 0.167 e. The van der Waals surface area contributed by atoms with Gasteiger partial charge in [-0.1, -0.05) is 47.3 Å². The van der Waals surface area contributed by atoms with E-state index in [-0.39, 0.29) is 5.78 Å². The molecule has 0 aromatic heterocycles. The fraction of sp³-hybridized carbons (Fsp3) is 0.471. The van der Waals surface area contributed by atoms with Crippen molar-refractivity contribution in [2.45, 2.75) is 39.0 Å². The van der Waals surface area contributed by atoms with Crippen LogP contribution in [0.3, 0.4) is 0 Å². The van der Waals surface area contributed by atoms with Crippen LogP contribution >= 0.6 is 15.9 Å². The van der Waals surface area contributed by atoms with Gasteiger partial charge in [0.25, 0.3) is 0 Å². The molecule has 1 aromatic rings. The number of carbonyl (C=O) groups excluding carboxylic acids is 1. The lowest BCUT2D eigenvalue weighted by atomic mass is 9.98. The Morgan fingerprint density at radius 3 is 2.80 bits per heavy atom. The van der Waals surface area contributed by atoms with E-state index in [1.54, 1.807) is 7.11 Å². The number of ketones is 1. The molecule has 1 fully saturated rings. The quantitative estimate of drug-likeness (QED) is 0.635. The molecule has 20 heavy (non-hydrogen) atoms. The molecular formula is C17H21BrO2. The fourth-order valence-electron chi connectivity index (χ4n) is 2.46. The standard InChI is InChI=1S/C17H21BrO2/c1-3-5-13-10-14(18)11-16(20-2)17(13)15(19)7-4-6-12-8-9-12/h3,5,10-12H,4,6-9H2,1-2H3/b5-3+. The number of hydrogen-bond acceptors (Lipinski definition) is 2. The van der Waals surface area contributed by atoms with Crippen molar-refractivity contribution < 1.29 is 9.53 Å². The molecule has 0 atom stereocenters. The zero-order valence-electron chi connectivity index (χ0n) is 12.1. The van der Waals surface area contributed by atoms with Gasteiger partial charge in [-0.3, -0.25) is 4.79 Å². The van der Waals surface area contributed by atoms with Crippen LogP contribution < -0.4 is 4.74 Å². The summed E-state index contributed by atoms with van der Waals surface area (Å²) >= 11 is 3.46. The van der Waals surface area contributed by atoms with Crippen molar-refractivity contribution in [1.29, 1.82) is 0 Å². The van der Waals surface area contributed by atoms with Gasteiger partial charge in [-0.25, -0.2) is 0 Å². The van der Waals surface area contributed by atoms with Gasteiger partial charge in [-0.15, -0.1) is 0 Å². The summed E-state index contributed by atoms with van der Waals surface area (Å²) in [6.07, 6.45) is 9.38. The van der Waals surface area contributed by atoms with Crippen molar-refractivity contribution in [1.82, 2.24) is 0 Å². The van der Waals surface area contributed by atoms with E-state index in [0.29, 0.717) is 17.7 Å². The lowest BCUT2D eigenvalue weighted by Gasteiger charge is -2.12. The minimum atomic E-state index is 0.183. The van der Waals surface area contributed by atoms with Crippen molar-refractivity contribution >= 4 is 27.8 Å². The predicted octanol–water partition coefficient (Wildman–Crippen LogP) is 5.25. The number of hydrogen-bond donors (Lipinski definition) is 0. The zero-order chi connectivity index (χ0) is 14.5. The van der Waals surface area contributed by atoms with Gasteiger partial charge < -0.3 is 4.74 Å². The number of allylic oxidation sites excluding steroid dienone is 1. The van der Waals surface area contributed by atoms with E-state index in [1.807, 2.05) is 31.2 Å². The summed E-state index contributed by atoms with van der Waals surface area (Å²) < 4.78 is 6.32. The third kappa shape index (κ3) is 3.95. The molecule has 1 aliphatic rings. The average molecular weight is 337 g/mol. The molecule has 2 nitrogen and oxygen atoms in total. The minimum absolute atomic E-state index is 0.183. The van der Waals surface area contributed by atoms with Gasteiger partial charge in [0.15, 0.2) is 5.78 Å². The molecule has 1 aliphatic carbocycles. The number of methoxy groups -OCH3 is 1. The van der Waals surface area contributed by atoms with E-state index >= 15 is 0 Å². The van der Waals surface area contributed by atoms with Gasteiger partial charge >= 0.3 is 0 Å². The molecule has 108 valence electrons. The molecule has 0 saturated heterocycles. The Morgan fingerprint density at radius 2 is 2.20 bits per heavy atom. The van der Waals surface area contributed by atoms with Crippen molar-refractivity contribution in [3.8, 4) is 5.75 Å². The Morgan fingerprint density at radius 1 is 1.45 bits per heavy atom. The highest BCUT2D eigenvalue weighted by atomic mass is 79.9. The van der Waals surface area contributed by atoms with Crippen LogP contribution in [0.5, 0.6) is 5.75 Å². The molecule has 2 rings (SSSR count). The molecule has 0 aliphatic heterocycles. The van der Waals surface area contributed by atoms with Crippen molar-refractivity contribution in [2.24, 2.45) is 5.92 Å². The summed E-state index contributed by atoms with van der Waals surface area (Å²) in [5, 5.41) is 0. The summed E-state index contributed by atoms with van der Waals surface area (Å²) in [7, 11) is 1.61. The van der Waals surface area contributed by atoms with Gasteiger partial charge in [0.1, 0.15) is 5.75 Å². The van der Waals surface area contributed by atoms with E-state index in [1.165, 1.54) is 19.3 Å². The van der Waals surface area contributed by atoms with Crippen molar-refractivity contribution in [3.05, 3.63) is 33.8 Å². The third-order valence-corrected chi connectivity index (χ3v) is 4.11. The second-order valence-electron chi connectivity index (χ2n) is 5.33. The van der Waals surface area contributed by atoms with Crippen molar-refractivity contribution in [2.75, 3.05) is 7.11 Å². The molecule has 0 heterocycles. The molecule has 0 bridgehead atoms. The zero-order valence-corrected chi connectivity index (χ0v) is 13.7. The Balaban J connectivity index is 2.19. The maximum atomic E-state index is 12.5. The summed E-state index contributed by atoms with van der Waals surface area (Å²) in [5.41, 5.74) is 1.64. The molecule has 0 N–H and O–H groups in total. The maximum absolute atomic E-state index is 12.5. The number of halogens is 1. The SMILES string of the molecule is C/C=C/c1cc(Br)cc(OC)c1C(=O)CCCC1CC1. The largest absolute Gasteiger partial charge is 0.496 e. The lowest BCUT2D eigenvalue weighted by Crippen LogP contribution is -2.05. The normalized spacial score (nSPS) is 14.8. The first-order chi connectivity index (χ1) is 9.65. The highest BCUT2D eigenvalue weighted by Crippen LogP contribution is 2.35. The predicted molar refractivity (Wildman–Crippen MR) is 86.3 cm³/mol. The monoisotopic (exact) mass is 336 g/mol. The van der Waals surface area contributed by atoms with Gasteiger partial charge in [0.2, 0.25) is 0 Å². The van der Waals surface area contributed by atoms with Crippen LogP contribution in [0.2, 0.25) is 0 Å². The molecule has 3 heteroatoms. The molecule has 1 aromatic carbocycles. The van der Waals surface area contributed by atoms with E-state index in [0.717, 1.165) is 22.4 Å². The Hall–Kier alpha value is -1.09. The van der Waals surface area contributed by atoms with Crippen LogP contribution in [0, 0.1) is 5.92 Å². The second-order valence-corrected chi connectivity index (χ2v) is 6.25. The first kappa shape index (κ1) is 15.3. The first-order valence-electron chi connectivity index (χ1n) is 7.19. The third-order valence-electron chi connectivity index (χ3n) is 3.66. The number of rotatable bonds is 7. The summed E-state index contributed by atoms with van der Waals surface area (Å²) in [4.78, 5) is 12.5. The average Bonchev–Trinajstić information content (AvgIpc) is 3.22. The van der Waals surface area contributed by atoms with Gasteiger partial charge in [0.05, 0.1) is 12.7 Å². The maximum Gasteiger partial charge on any atom is 0.167 e. The molecule has 0 unspecified atom stereocenters. The number of carbonyl (C=O) groups is 1. The summed E-state index contributed by atoms with van der Waals surface area (Å²) in [6, 6.07) is 3.83. The molecule has 0 amide bonds. The molecular weight excluding hydrogens is 316 g/mol. The number of benzene rings is 1. The van der Waals surface area contributed by atoms with E-state index in [9.17, 15) is 4.79 Å². The number of Topliss-reactive ketones (excluding diaryl/α,β-unsaturated/α-hetero) is 1. The van der Waals surface area contributed by atoms with Gasteiger partial charge in [-0.2, -0.15) is 0 Å². The second kappa shape index (κ2) is 7.07. The summed E-state index contributed by atoms with van der Waals surface area (Å²) in [5.74, 6) is 1.72. The van der Waals surface area contributed by atoms with Crippen molar-refractivity contribution in [3.63, 3.8) is 0 Å².